The van der Waals surface area contributed by atoms with E-state index in [0.717, 1.165) is 43.7 Å². The summed E-state index contributed by atoms with van der Waals surface area (Å²) in [5.74, 6) is 0. The van der Waals surface area contributed by atoms with E-state index >= 15 is 0 Å². The minimum Gasteiger partial charge on any atom is -0.223 e. The van der Waals surface area contributed by atoms with E-state index in [0.29, 0.717) is 0 Å². The van der Waals surface area contributed by atoms with Gasteiger partial charge in [-0.2, -0.15) is 10.5 Å². The number of thiocyanates is 2. The molecule has 0 fully saturated rings. The fourth-order valence-corrected chi connectivity index (χ4v) is 4.33. The van der Waals surface area contributed by atoms with Gasteiger partial charge in [-0.15, -0.1) is 0 Å². The summed E-state index contributed by atoms with van der Waals surface area (Å²) >= 11 is 2.21. The molecule has 0 rings (SSSR count). The lowest BCUT2D eigenvalue weighted by atomic mass is 11.8. The Morgan fingerprint density at radius 1 is 0.909 bits per heavy atom. The van der Waals surface area contributed by atoms with Crippen LogP contribution in [0.4, 0.5) is 0 Å². The molecule has 11 heavy (non-hydrogen) atoms. The second-order valence-electron chi connectivity index (χ2n) is 0.689. The molecule has 0 spiro atoms. The number of hydrogen-bond acceptors (Lipinski definition) is 9. The fourth-order valence-electron chi connectivity index (χ4n) is 0.0922. The van der Waals surface area contributed by atoms with Crippen LogP contribution in [0.25, 0.3) is 0 Å². The van der Waals surface area contributed by atoms with Crippen LogP contribution in [0.3, 0.4) is 0 Å². The molecule has 60 valence electrons. The van der Waals surface area contributed by atoms with Gasteiger partial charge in [0.1, 0.15) is 10.8 Å². The van der Waals surface area contributed by atoms with Crippen LogP contribution >= 0.6 is 63.4 Å². The largest absolute Gasteiger partial charge is 0.223 e. The fraction of sp³-hybridized carbons (Fsp3) is 0. The van der Waals surface area contributed by atoms with E-state index in [1.54, 1.807) is 0 Å². The lowest BCUT2D eigenvalue weighted by Crippen LogP contribution is -1.48. The average Bonchev–Trinajstić information content (AvgIpc) is 2.03. The molecule has 3 nitrogen and oxygen atoms in total. The standard InChI is InChI=1S/C2N2OS6/c3-1-6-10-8-5-9-11-7-2-4. The molecule has 0 aliphatic carbocycles. The molecule has 0 aromatic carbocycles. The minimum atomic E-state index is 1.04. The molecule has 0 bridgehead atoms. The van der Waals surface area contributed by atoms with Crippen molar-refractivity contribution in [1.82, 2.24) is 0 Å². The second kappa shape index (κ2) is 11.0. The van der Waals surface area contributed by atoms with E-state index in [4.69, 9.17) is 14.2 Å². The van der Waals surface area contributed by atoms with Gasteiger partial charge in [-0.05, 0) is 0 Å². The number of nitrogens with zero attached hydrogens (tertiary/aromatic N) is 2. The molecule has 9 heteroatoms. The molecule has 0 aliphatic heterocycles. The van der Waals surface area contributed by atoms with E-state index in [1.165, 1.54) is 19.7 Å². The van der Waals surface area contributed by atoms with Crippen LogP contribution in [0, 0.1) is 21.3 Å². The Morgan fingerprint density at radius 2 is 1.36 bits per heavy atom. The van der Waals surface area contributed by atoms with Gasteiger partial charge in [0.25, 0.3) is 0 Å². The molecule has 0 aliphatic rings. The Labute approximate surface area is 87.8 Å². The van der Waals surface area contributed by atoms with Gasteiger partial charge in [0.15, 0.2) is 0 Å². The molecule has 0 amide bonds. The van der Waals surface area contributed by atoms with E-state index in [-0.39, 0.29) is 0 Å². The zero-order valence-corrected chi connectivity index (χ0v) is 9.65. The lowest BCUT2D eigenvalue weighted by Gasteiger charge is -1.91. The van der Waals surface area contributed by atoms with Crippen LogP contribution in [0.15, 0.2) is 0 Å². The van der Waals surface area contributed by atoms with Crippen LogP contribution in [-0.4, -0.2) is 0 Å². The summed E-state index contributed by atoms with van der Waals surface area (Å²) < 4.78 is 4.85. The minimum absolute atomic E-state index is 1.04. The smallest absolute Gasteiger partial charge is 0.145 e. The first-order valence-electron chi connectivity index (χ1n) is 1.86. The van der Waals surface area contributed by atoms with Crippen LogP contribution in [0.2, 0.25) is 0 Å². The van der Waals surface area contributed by atoms with Crippen molar-refractivity contribution in [2.24, 2.45) is 0 Å². The molecule has 0 aromatic rings. The quantitative estimate of drug-likeness (QED) is 0.306. The van der Waals surface area contributed by atoms with Crippen molar-refractivity contribution >= 4 is 63.4 Å². The summed E-state index contributed by atoms with van der Waals surface area (Å²) in [7, 11) is 4.55. The first-order valence-corrected chi connectivity index (χ1v) is 8.67. The highest BCUT2D eigenvalue weighted by atomic mass is 33.5. The van der Waals surface area contributed by atoms with Gasteiger partial charge in [0, 0.05) is 41.2 Å². The number of rotatable bonds is 6. The average molecular weight is 260 g/mol. The van der Waals surface area contributed by atoms with Crippen molar-refractivity contribution in [3.8, 4) is 10.8 Å². The Morgan fingerprint density at radius 3 is 1.73 bits per heavy atom. The number of hydrogen-bond donors (Lipinski definition) is 0. The first-order chi connectivity index (χ1) is 5.41. The monoisotopic (exact) mass is 260 g/mol. The van der Waals surface area contributed by atoms with E-state index in [2.05, 4.69) is 0 Å². The van der Waals surface area contributed by atoms with Crippen molar-refractivity contribution in [1.29, 1.82) is 10.5 Å². The van der Waals surface area contributed by atoms with Crippen molar-refractivity contribution in [3.05, 3.63) is 0 Å². The van der Waals surface area contributed by atoms with Gasteiger partial charge in [-0.25, -0.2) is 3.63 Å². The van der Waals surface area contributed by atoms with Gasteiger partial charge < -0.3 is 0 Å². The predicted octanol–water partition coefficient (Wildman–Crippen LogP) is 3.85. The normalized spacial score (nSPS) is 8.55. The van der Waals surface area contributed by atoms with E-state index in [1.807, 2.05) is 10.8 Å². The van der Waals surface area contributed by atoms with Crippen LogP contribution < -0.4 is 0 Å². The lowest BCUT2D eigenvalue weighted by molar-refractivity contribution is 0.785. The summed E-state index contributed by atoms with van der Waals surface area (Å²) in [6, 6.07) is 0. The van der Waals surface area contributed by atoms with Crippen molar-refractivity contribution < 1.29 is 3.63 Å². The first kappa shape index (κ1) is 12.0. The molecule has 0 aromatic heterocycles. The molecular weight excluding hydrogens is 260 g/mol. The summed E-state index contributed by atoms with van der Waals surface area (Å²) in [4.78, 5) is 0. The molecule has 0 atom stereocenters. The van der Waals surface area contributed by atoms with Crippen molar-refractivity contribution in [2.75, 3.05) is 0 Å². The van der Waals surface area contributed by atoms with Crippen molar-refractivity contribution in [3.63, 3.8) is 0 Å². The van der Waals surface area contributed by atoms with Gasteiger partial charge in [-0.1, -0.05) is 0 Å². The Balaban J connectivity index is 2.82. The summed E-state index contributed by atoms with van der Waals surface area (Å²) in [6.45, 7) is 0. The summed E-state index contributed by atoms with van der Waals surface area (Å²) in [5.41, 5.74) is 0. The third-order valence-electron chi connectivity index (χ3n) is 0.254. The summed E-state index contributed by atoms with van der Waals surface area (Å²) in [5, 5.41) is 19.9. The van der Waals surface area contributed by atoms with Gasteiger partial charge in [-0.3, -0.25) is 0 Å². The third kappa shape index (κ3) is 11.0. The maximum atomic E-state index is 8.07. The predicted molar refractivity (Wildman–Crippen MR) is 57.9 cm³/mol. The Hall–Kier alpha value is 1.04. The summed E-state index contributed by atoms with van der Waals surface area (Å²) in [6.07, 6.45) is 0. The molecule has 0 N–H and O–H groups in total. The zero-order valence-electron chi connectivity index (χ0n) is 4.75. The highest BCUT2D eigenvalue weighted by Crippen LogP contribution is 2.43. The van der Waals surface area contributed by atoms with Crippen molar-refractivity contribution in [2.45, 2.75) is 0 Å². The van der Waals surface area contributed by atoms with Gasteiger partial charge >= 0.3 is 0 Å². The molecule has 0 heterocycles. The molecule has 0 saturated heterocycles. The Kier molecular flexibility index (Phi) is 12.1. The highest BCUT2D eigenvalue weighted by Gasteiger charge is 1.93. The molecular formula is C2N2OS6. The van der Waals surface area contributed by atoms with Gasteiger partial charge in [0.2, 0.25) is 0 Å². The maximum absolute atomic E-state index is 8.07. The van der Waals surface area contributed by atoms with E-state index < -0.39 is 0 Å². The number of nitriles is 2. The topological polar surface area (TPSA) is 56.8 Å². The highest BCUT2D eigenvalue weighted by molar-refractivity contribution is 9.12. The van der Waals surface area contributed by atoms with Crippen LogP contribution in [-0.2, 0) is 3.63 Å². The third-order valence-corrected chi connectivity index (χ3v) is 5.51. The molecule has 0 unspecified atom stereocenters. The van der Waals surface area contributed by atoms with Crippen LogP contribution in [0.1, 0.15) is 0 Å². The SMILES string of the molecule is N#CSSSOSSSC#N. The zero-order chi connectivity index (χ0) is 8.36. The molecule has 0 saturated carbocycles. The van der Waals surface area contributed by atoms with Crippen LogP contribution in [0.5, 0.6) is 0 Å². The second-order valence-corrected chi connectivity index (χ2v) is 7.56. The van der Waals surface area contributed by atoms with Gasteiger partial charge in [0.05, 0.1) is 22.1 Å². The maximum Gasteiger partial charge on any atom is 0.145 e. The molecule has 0 radical (unpaired) electrons. The van der Waals surface area contributed by atoms with E-state index in [9.17, 15) is 0 Å². The Bertz CT molecular complexity index is 143.